The van der Waals surface area contributed by atoms with Gasteiger partial charge in [0.05, 0.1) is 26.0 Å². The first-order chi connectivity index (χ1) is 22.1. The Morgan fingerprint density at radius 1 is 0.756 bits per heavy atom. The molecule has 1 atom stereocenters. The Bertz CT molecular complexity index is 1800. The molecule has 0 saturated heterocycles. The van der Waals surface area contributed by atoms with E-state index in [2.05, 4.69) is 5.32 Å². The van der Waals surface area contributed by atoms with Crippen LogP contribution in [0.1, 0.15) is 46.3 Å². The molecule has 45 heavy (non-hydrogen) atoms. The Morgan fingerprint density at radius 3 is 1.96 bits per heavy atom. The van der Waals surface area contributed by atoms with Crippen molar-refractivity contribution in [3.63, 3.8) is 0 Å². The van der Waals surface area contributed by atoms with Crippen LogP contribution in [0.15, 0.2) is 134 Å². The number of benzene rings is 4. The summed E-state index contributed by atoms with van der Waals surface area (Å²) < 4.78 is 19.4. The van der Waals surface area contributed by atoms with Crippen LogP contribution in [0.4, 0.5) is 0 Å². The number of carbonyl (C=O) groups is 1. The third kappa shape index (κ3) is 6.83. The molecule has 1 N–H and O–H groups in total. The fraction of sp³-hybridized carbons (Fsp3) is 0.158. The molecule has 7 nitrogen and oxygen atoms in total. The first-order valence-corrected chi connectivity index (χ1v) is 14.9. The predicted octanol–water partition coefficient (Wildman–Crippen LogP) is 7.36. The Morgan fingerprint density at radius 2 is 1.36 bits per heavy atom. The van der Waals surface area contributed by atoms with Crippen molar-refractivity contribution in [2.75, 3.05) is 14.2 Å². The van der Waals surface area contributed by atoms with Crippen molar-refractivity contribution in [1.82, 2.24) is 14.7 Å². The number of ether oxygens (including phenoxy) is 3. The van der Waals surface area contributed by atoms with E-state index in [1.807, 2.05) is 138 Å². The molecule has 0 aliphatic rings. The molecule has 6 aromatic rings. The summed E-state index contributed by atoms with van der Waals surface area (Å²) in [5.74, 6) is 1.46. The summed E-state index contributed by atoms with van der Waals surface area (Å²) in [6.07, 6.45) is 3.93. The van der Waals surface area contributed by atoms with Gasteiger partial charge in [0.25, 0.3) is 0 Å². The highest BCUT2D eigenvalue weighted by Crippen LogP contribution is 2.36. The van der Waals surface area contributed by atoms with Crippen LogP contribution in [-0.2, 0) is 11.4 Å². The van der Waals surface area contributed by atoms with E-state index in [0.29, 0.717) is 29.5 Å². The van der Waals surface area contributed by atoms with Gasteiger partial charge in [-0.1, -0.05) is 91.0 Å². The second kappa shape index (κ2) is 13.8. The van der Waals surface area contributed by atoms with Crippen molar-refractivity contribution in [2.45, 2.75) is 25.0 Å². The standard InChI is InChI=1S/C38H35N3O4/c1-43-31-21-30(22-32(23-31)44-2)33(24-36(42)40-37(28-15-8-4-9-16-28)29-17-10-5-11-18-29)34-25-39-38-35(19-12-20-41(34)38)45-26-27-13-6-3-7-14-27/h3-23,25,33,37H,24,26H2,1-2H3,(H,40,42)/t33-/m1/s1. The summed E-state index contributed by atoms with van der Waals surface area (Å²) in [4.78, 5) is 18.8. The minimum atomic E-state index is -0.374. The first-order valence-electron chi connectivity index (χ1n) is 14.9. The lowest BCUT2D eigenvalue weighted by Crippen LogP contribution is -2.30. The number of pyridine rings is 1. The van der Waals surface area contributed by atoms with Crippen LogP contribution >= 0.6 is 0 Å². The average molecular weight is 598 g/mol. The molecule has 226 valence electrons. The largest absolute Gasteiger partial charge is 0.497 e. The quantitative estimate of drug-likeness (QED) is 0.160. The zero-order chi connectivity index (χ0) is 31.0. The molecule has 7 heteroatoms. The number of methoxy groups -OCH3 is 2. The lowest BCUT2D eigenvalue weighted by molar-refractivity contribution is -0.121. The lowest BCUT2D eigenvalue weighted by atomic mass is 9.91. The number of aromatic nitrogens is 2. The highest BCUT2D eigenvalue weighted by atomic mass is 16.5. The van der Waals surface area contributed by atoms with E-state index < -0.39 is 0 Å². The van der Waals surface area contributed by atoms with Crippen molar-refractivity contribution < 1.29 is 19.0 Å². The van der Waals surface area contributed by atoms with Crippen LogP contribution in [0, 0.1) is 0 Å². The fourth-order valence-corrected chi connectivity index (χ4v) is 5.59. The van der Waals surface area contributed by atoms with Crippen LogP contribution in [0.2, 0.25) is 0 Å². The minimum Gasteiger partial charge on any atom is -0.497 e. The van der Waals surface area contributed by atoms with Gasteiger partial charge in [0, 0.05) is 30.8 Å². The summed E-state index contributed by atoms with van der Waals surface area (Å²) in [7, 11) is 3.24. The van der Waals surface area contributed by atoms with Crippen molar-refractivity contribution in [3.8, 4) is 17.2 Å². The second-order valence-corrected chi connectivity index (χ2v) is 10.7. The summed E-state index contributed by atoms with van der Waals surface area (Å²) >= 11 is 0. The van der Waals surface area contributed by atoms with Gasteiger partial charge in [0.15, 0.2) is 11.4 Å². The second-order valence-electron chi connectivity index (χ2n) is 10.7. The first kappa shape index (κ1) is 29.5. The lowest BCUT2D eigenvalue weighted by Gasteiger charge is -2.23. The zero-order valence-electron chi connectivity index (χ0n) is 25.3. The molecule has 0 aliphatic heterocycles. The number of rotatable bonds is 12. The number of imidazole rings is 1. The summed E-state index contributed by atoms with van der Waals surface area (Å²) in [5.41, 5.74) is 5.47. The molecule has 0 saturated carbocycles. The van der Waals surface area contributed by atoms with Crippen LogP contribution in [0.5, 0.6) is 17.2 Å². The Kier molecular flexibility index (Phi) is 9.06. The van der Waals surface area contributed by atoms with Gasteiger partial charge in [-0.25, -0.2) is 4.98 Å². The molecule has 0 fully saturated rings. The Balaban J connectivity index is 1.36. The third-order valence-corrected chi connectivity index (χ3v) is 7.86. The van der Waals surface area contributed by atoms with E-state index in [1.54, 1.807) is 14.2 Å². The van der Waals surface area contributed by atoms with E-state index in [0.717, 1.165) is 27.9 Å². The maximum atomic E-state index is 14.0. The average Bonchev–Trinajstić information content (AvgIpc) is 3.54. The highest BCUT2D eigenvalue weighted by molar-refractivity contribution is 5.79. The van der Waals surface area contributed by atoms with Gasteiger partial charge in [0.1, 0.15) is 18.1 Å². The fourth-order valence-electron chi connectivity index (χ4n) is 5.59. The number of fused-ring (bicyclic) bond motifs is 1. The van der Waals surface area contributed by atoms with Crippen LogP contribution < -0.4 is 19.5 Å². The predicted molar refractivity (Wildman–Crippen MR) is 175 cm³/mol. The molecule has 0 unspecified atom stereocenters. The molecule has 2 aromatic heterocycles. The van der Waals surface area contributed by atoms with E-state index in [4.69, 9.17) is 19.2 Å². The van der Waals surface area contributed by atoms with Gasteiger partial charge in [-0.2, -0.15) is 0 Å². The van der Waals surface area contributed by atoms with E-state index >= 15 is 0 Å². The molecular formula is C38H35N3O4. The maximum Gasteiger partial charge on any atom is 0.221 e. The van der Waals surface area contributed by atoms with Gasteiger partial charge in [-0.05, 0) is 46.5 Å². The van der Waals surface area contributed by atoms with Crippen molar-refractivity contribution in [3.05, 3.63) is 162 Å². The molecule has 1 amide bonds. The number of amides is 1. The Hall–Kier alpha value is -5.56. The monoisotopic (exact) mass is 597 g/mol. The van der Waals surface area contributed by atoms with Crippen molar-refractivity contribution in [2.24, 2.45) is 0 Å². The molecule has 2 heterocycles. The number of hydrogen-bond donors (Lipinski definition) is 1. The zero-order valence-corrected chi connectivity index (χ0v) is 25.3. The number of hydrogen-bond acceptors (Lipinski definition) is 5. The molecular weight excluding hydrogens is 562 g/mol. The maximum absolute atomic E-state index is 14.0. The molecule has 4 aromatic carbocycles. The number of nitrogens with zero attached hydrogens (tertiary/aromatic N) is 2. The highest BCUT2D eigenvalue weighted by Gasteiger charge is 2.26. The molecule has 0 spiro atoms. The molecule has 6 rings (SSSR count). The minimum absolute atomic E-state index is 0.106. The Labute approximate surface area is 263 Å². The van der Waals surface area contributed by atoms with Gasteiger partial charge < -0.3 is 23.9 Å². The summed E-state index contributed by atoms with van der Waals surface area (Å²) in [6, 6.07) is 39.3. The summed E-state index contributed by atoms with van der Waals surface area (Å²) in [6.45, 7) is 0.419. The summed E-state index contributed by atoms with van der Waals surface area (Å²) in [5, 5.41) is 3.31. The van der Waals surface area contributed by atoms with Crippen LogP contribution in [-0.4, -0.2) is 29.5 Å². The number of carbonyl (C=O) groups excluding carboxylic acids is 1. The normalized spacial score (nSPS) is 11.7. The molecule has 0 bridgehead atoms. The van der Waals surface area contributed by atoms with E-state index in [-0.39, 0.29) is 24.3 Å². The smallest absolute Gasteiger partial charge is 0.221 e. The van der Waals surface area contributed by atoms with Gasteiger partial charge in [-0.3, -0.25) is 4.79 Å². The van der Waals surface area contributed by atoms with Gasteiger partial charge in [-0.15, -0.1) is 0 Å². The molecule has 0 aliphatic carbocycles. The SMILES string of the molecule is COc1cc(OC)cc([C@@H](CC(=O)NC(c2ccccc2)c2ccccc2)c2cnc3c(OCc4ccccc4)cccn23)c1. The van der Waals surface area contributed by atoms with Crippen molar-refractivity contribution in [1.29, 1.82) is 0 Å². The van der Waals surface area contributed by atoms with Crippen LogP contribution in [0.3, 0.4) is 0 Å². The van der Waals surface area contributed by atoms with E-state index in [9.17, 15) is 4.79 Å². The van der Waals surface area contributed by atoms with Gasteiger partial charge in [0.2, 0.25) is 5.91 Å². The topological polar surface area (TPSA) is 74.1 Å². The van der Waals surface area contributed by atoms with Crippen LogP contribution in [0.25, 0.3) is 5.65 Å². The molecule has 0 radical (unpaired) electrons. The van der Waals surface area contributed by atoms with Gasteiger partial charge >= 0.3 is 0 Å². The third-order valence-electron chi connectivity index (χ3n) is 7.86. The number of nitrogens with one attached hydrogen (secondary N) is 1. The van der Waals surface area contributed by atoms with Crippen molar-refractivity contribution >= 4 is 11.6 Å². The van der Waals surface area contributed by atoms with E-state index in [1.165, 1.54) is 0 Å².